The fourth-order valence-corrected chi connectivity index (χ4v) is 1.77. The number of hydrogen-bond donors (Lipinski definition) is 1. The molecule has 0 atom stereocenters. The van der Waals surface area contributed by atoms with Gasteiger partial charge in [-0.1, -0.05) is 12.1 Å². The number of hydrogen-bond acceptors (Lipinski definition) is 2. The Labute approximate surface area is 96.7 Å². The molecule has 0 aromatic heterocycles. The predicted octanol–water partition coefficient (Wildman–Crippen LogP) is 2.13. The van der Waals surface area contributed by atoms with Crippen molar-refractivity contribution < 1.29 is 9.90 Å². The second-order valence-electron chi connectivity index (χ2n) is 4.43. The molecular weight excluding hydrogens is 202 g/mol. The van der Waals surface area contributed by atoms with E-state index in [0.29, 0.717) is 6.54 Å². The maximum absolute atomic E-state index is 10.6. The SMILES string of the molecule is Cc1cc(C)c(CN(C)CC(=O)O)cc1C. The van der Waals surface area contributed by atoms with Crippen LogP contribution >= 0.6 is 0 Å². The van der Waals surface area contributed by atoms with Gasteiger partial charge in [0.25, 0.3) is 0 Å². The smallest absolute Gasteiger partial charge is 0.317 e. The van der Waals surface area contributed by atoms with Gasteiger partial charge in [0.15, 0.2) is 0 Å². The van der Waals surface area contributed by atoms with Gasteiger partial charge in [0.05, 0.1) is 6.54 Å². The van der Waals surface area contributed by atoms with Crippen molar-refractivity contribution in [3.05, 3.63) is 34.4 Å². The summed E-state index contributed by atoms with van der Waals surface area (Å²) in [6.07, 6.45) is 0. The van der Waals surface area contributed by atoms with Crippen molar-refractivity contribution in [2.24, 2.45) is 0 Å². The molecule has 0 spiro atoms. The highest BCUT2D eigenvalue weighted by molar-refractivity contribution is 5.69. The molecule has 0 bridgehead atoms. The van der Waals surface area contributed by atoms with Crippen LogP contribution in [0.1, 0.15) is 22.3 Å². The molecule has 3 heteroatoms. The summed E-state index contributed by atoms with van der Waals surface area (Å²) >= 11 is 0. The lowest BCUT2D eigenvalue weighted by atomic mass is 10.0. The molecule has 0 aliphatic rings. The second kappa shape index (κ2) is 5.12. The summed E-state index contributed by atoms with van der Waals surface area (Å²) in [6.45, 7) is 6.99. The monoisotopic (exact) mass is 221 g/mol. The third-order valence-electron chi connectivity index (χ3n) is 2.80. The van der Waals surface area contributed by atoms with Crippen molar-refractivity contribution >= 4 is 5.97 Å². The van der Waals surface area contributed by atoms with Crippen LogP contribution in [-0.4, -0.2) is 29.6 Å². The van der Waals surface area contributed by atoms with E-state index in [1.165, 1.54) is 22.3 Å². The zero-order valence-corrected chi connectivity index (χ0v) is 10.4. The molecule has 1 rings (SSSR count). The average molecular weight is 221 g/mol. The minimum Gasteiger partial charge on any atom is -0.480 e. The number of carboxylic acid groups (broad SMARTS) is 1. The molecule has 0 fully saturated rings. The summed E-state index contributed by atoms with van der Waals surface area (Å²) in [5.41, 5.74) is 4.96. The molecule has 1 aromatic rings. The molecule has 0 saturated heterocycles. The Hall–Kier alpha value is -1.35. The van der Waals surface area contributed by atoms with Crippen LogP contribution in [0.15, 0.2) is 12.1 Å². The standard InChI is InChI=1S/C13H19NO2/c1-9-5-11(3)12(6-10(9)2)7-14(4)8-13(15)16/h5-6H,7-8H2,1-4H3,(H,15,16). The fourth-order valence-electron chi connectivity index (χ4n) is 1.77. The van der Waals surface area contributed by atoms with Crippen molar-refractivity contribution in [3.63, 3.8) is 0 Å². The molecular formula is C13H19NO2. The molecule has 16 heavy (non-hydrogen) atoms. The van der Waals surface area contributed by atoms with Gasteiger partial charge in [0.1, 0.15) is 0 Å². The van der Waals surface area contributed by atoms with E-state index in [0.717, 1.165) is 0 Å². The van der Waals surface area contributed by atoms with E-state index in [4.69, 9.17) is 5.11 Å². The van der Waals surface area contributed by atoms with Crippen LogP contribution in [-0.2, 0) is 11.3 Å². The molecule has 0 heterocycles. The second-order valence-corrected chi connectivity index (χ2v) is 4.43. The predicted molar refractivity (Wildman–Crippen MR) is 64.6 cm³/mol. The Morgan fingerprint density at radius 1 is 1.19 bits per heavy atom. The highest BCUT2D eigenvalue weighted by Crippen LogP contribution is 2.16. The molecule has 0 unspecified atom stereocenters. The Balaban J connectivity index is 2.81. The van der Waals surface area contributed by atoms with Gasteiger partial charge in [-0.3, -0.25) is 9.69 Å². The molecule has 0 saturated carbocycles. The van der Waals surface area contributed by atoms with Crippen LogP contribution in [0, 0.1) is 20.8 Å². The quantitative estimate of drug-likeness (QED) is 0.846. The molecule has 0 aliphatic heterocycles. The molecule has 0 aliphatic carbocycles. The Morgan fingerprint density at radius 3 is 2.31 bits per heavy atom. The minimum atomic E-state index is -0.788. The Bertz CT molecular complexity index is 399. The lowest BCUT2D eigenvalue weighted by Crippen LogP contribution is -2.25. The van der Waals surface area contributed by atoms with Gasteiger partial charge in [-0.2, -0.15) is 0 Å². The first kappa shape index (κ1) is 12.7. The largest absolute Gasteiger partial charge is 0.480 e. The molecule has 1 N–H and O–H groups in total. The third-order valence-corrected chi connectivity index (χ3v) is 2.80. The summed E-state index contributed by atoms with van der Waals surface area (Å²) in [6, 6.07) is 4.29. The first-order valence-corrected chi connectivity index (χ1v) is 5.37. The van der Waals surface area contributed by atoms with Crippen molar-refractivity contribution in [3.8, 4) is 0 Å². The maximum Gasteiger partial charge on any atom is 0.317 e. The number of benzene rings is 1. The summed E-state index contributed by atoms with van der Waals surface area (Å²) in [5, 5.41) is 8.69. The highest BCUT2D eigenvalue weighted by atomic mass is 16.4. The lowest BCUT2D eigenvalue weighted by Gasteiger charge is -2.17. The van der Waals surface area contributed by atoms with Crippen LogP contribution in [0.25, 0.3) is 0 Å². The van der Waals surface area contributed by atoms with Crippen LogP contribution < -0.4 is 0 Å². The van der Waals surface area contributed by atoms with Crippen LogP contribution in [0.2, 0.25) is 0 Å². The molecule has 88 valence electrons. The normalized spacial score (nSPS) is 10.8. The van der Waals surface area contributed by atoms with Gasteiger partial charge >= 0.3 is 5.97 Å². The van der Waals surface area contributed by atoms with E-state index in [9.17, 15) is 4.79 Å². The average Bonchev–Trinajstić information content (AvgIpc) is 2.12. The van der Waals surface area contributed by atoms with Gasteiger partial charge < -0.3 is 5.11 Å². The number of likely N-dealkylation sites (N-methyl/N-ethyl adjacent to an activating group) is 1. The molecule has 0 amide bonds. The van der Waals surface area contributed by atoms with Crippen molar-refractivity contribution in [1.29, 1.82) is 0 Å². The third kappa shape index (κ3) is 3.35. The lowest BCUT2D eigenvalue weighted by molar-refractivity contribution is -0.138. The van der Waals surface area contributed by atoms with Crippen LogP contribution in [0.5, 0.6) is 0 Å². The number of carbonyl (C=O) groups is 1. The Morgan fingerprint density at radius 2 is 1.75 bits per heavy atom. The fraction of sp³-hybridized carbons (Fsp3) is 0.462. The number of aryl methyl sites for hydroxylation is 3. The van der Waals surface area contributed by atoms with E-state index in [-0.39, 0.29) is 6.54 Å². The number of aliphatic carboxylic acids is 1. The first-order valence-electron chi connectivity index (χ1n) is 5.37. The van der Waals surface area contributed by atoms with Gasteiger partial charge in [0.2, 0.25) is 0 Å². The maximum atomic E-state index is 10.6. The Kier molecular flexibility index (Phi) is 4.07. The highest BCUT2D eigenvalue weighted by Gasteiger charge is 2.08. The number of nitrogens with zero attached hydrogens (tertiary/aromatic N) is 1. The van der Waals surface area contributed by atoms with Gasteiger partial charge in [-0.05, 0) is 50.1 Å². The van der Waals surface area contributed by atoms with Crippen molar-refractivity contribution in [1.82, 2.24) is 4.90 Å². The summed E-state index contributed by atoms with van der Waals surface area (Å²) in [4.78, 5) is 12.4. The van der Waals surface area contributed by atoms with Crippen LogP contribution in [0.4, 0.5) is 0 Å². The summed E-state index contributed by atoms with van der Waals surface area (Å²) < 4.78 is 0. The van der Waals surface area contributed by atoms with E-state index < -0.39 is 5.97 Å². The summed E-state index contributed by atoms with van der Waals surface area (Å²) in [7, 11) is 1.82. The molecule has 3 nitrogen and oxygen atoms in total. The van der Waals surface area contributed by atoms with E-state index in [1.807, 2.05) is 7.05 Å². The van der Waals surface area contributed by atoms with E-state index in [1.54, 1.807) is 4.90 Å². The first-order chi connectivity index (χ1) is 7.40. The molecule has 1 aromatic carbocycles. The minimum absolute atomic E-state index is 0.0758. The topological polar surface area (TPSA) is 40.5 Å². The van der Waals surface area contributed by atoms with Crippen LogP contribution in [0.3, 0.4) is 0 Å². The van der Waals surface area contributed by atoms with E-state index >= 15 is 0 Å². The van der Waals surface area contributed by atoms with Gasteiger partial charge in [-0.15, -0.1) is 0 Å². The zero-order chi connectivity index (χ0) is 12.3. The molecule has 0 radical (unpaired) electrons. The zero-order valence-electron chi connectivity index (χ0n) is 10.4. The van der Waals surface area contributed by atoms with Crippen molar-refractivity contribution in [2.45, 2.75) is 27.3 Å². The number of carboxylic acids is 1. The summed E-state index contributed by atoms with van der Waals surface area (Å²) in [5.74, 6) is -0.788. The van der Waals surface area contributed by atoms with Crippen molar-refractivity contribution in [2.75, 3.05) is 13.6 Å². The van der Waals surface area contributed by atoms with Gasteiger partial charge in [0, 0.05) is 6.54 Å². The number of rotatable bonds is 4. The van der Waals surface area contributed by atoms with E-state index in [2.05, 4.69) is 32.9 Å². The van der Waals surface area contributed by atoms with Gasteiger partial charge in [-0.25, -0.2) is 0 Å².